The molecule has 0 saturated heterocycles. The molecule has 0 atom stereocenters. The largest absolute Gasteiger partial charge is 0.493 e. The Morgan fingerprint density at radius 1 is 1.21 bits per heavy atom. The number of nitrogens with zero attached hydrogens (tertiary/aromatic N) is 2. The highest BCUT2D eigenvalue weighted by molar-refractivity contribution is 5.43. The maximum atomic E-state index is 5.69. The van der Waals surface area contributed by atoms with Crippen molar-refractivity contribution in [3.8, 4) is 11.5 Å². The standard InChI is InChI=1S/C19H29N3O2/c1-6-11-24-18-8-7-16(12-19(18)23-5)13-20-10-9-17-14(2)21-22(4)15(17)3/h7-8,12,20H,6,9-11,13H2,1-5H3. The molecule has 1 heterocycles. The third-order valence-corrected chi connectivity index (χ3v) is 4.23. The number of aryl methyl sites for hydroxylation is 2. The quantitative estimate of drug-likeness (QED) is 0.717. The molecule has 1 aromatic heterocycles. The molecule has 0 spiro atoms. The van der Waals surface area contributed by atoms with Crippen LogP contribution in [0.15, 0.2) is 18.2 Å². The monoisotopic (exact) mass is 331 g/mol. The fourth-order valence-corrected chi connectivity index (χ4v) is 2.78. The van der Waals surface area contributed by atoms with Crippen molar-refractivity contribution in [3.63, 3.8) is 0 Å². The van der Waals surface area contributed by atoms with E-state index in [1.54, 1.807) is 7.11 Å². The highest BCUT2D eigenvalue weighted by Crippen LogP contribution is 2.28. The van der Waals surface area contributed by atoms with E-state index in [4.69, 9.17) is 9.47 Å². The maximum absolute atomic E-state index is 5.69. The predicted molar refractivity (Wildman–Crippen MR) is 96.9 cm³/mol. The minimum absolute atomic E-state index is 0.706. The highest BCUT2D eigenvalue weighted by Gasteiger charge is 2.09. The summed E-state index contributed by atoms with van der Waals surface area (Å²) in [6.07, 6.45) is 1.97. The van der Waals surface area contributed by atoms with Gasteiger partial charge < -0.3 is 14.8 Å². The van der Waals surface area contributed by atoms with Gasteiger partial charge in [-0.3, -0.25) is 4.68 Å². The van der Waals surface area contributed by atoms with Gasteiger partial charge in [0.15, 0.2) is 11.5 Å². The van der Waals surface area contributed by atoms with Gasteiger partial charge in [0.25, 0.3) is 0 Å². The van der Waals surface area contributed by atoms with Gasteiger partial charge in [-0.25, -0.2) is 0 Å². The summed E-state index contributed by atoms with van der Waals surface area (Å²) in [5, 5.41) is 7.96. The molecule has 132 valence electrons. The molecule has 5 nitrogen and oxygen atoms in total. The number of hydrogen-bond acceptors (Lipinski definition) is 4. The average Bonchev–Trinajstić information content (AvgIpc) is 2.82. The Balaban J connectivity index is 1.88. The van der Waals surface area contributed by atoms with Gasteiger partial charge in [0.1, 0.15) is 0 Å². The first-order valence-corrected chi connectivity index (χ1v) is 8.56. The van der Waals surface area contributed by atoms with Crippen LogP contribution in [0.3, 0.4) is 0 Å². The van der Waals surface area contributed by atoms with E-state index in [9.17, 15) is 0 Å². The second-order valence-electron chi connectivity index (χ2n) is 6.03. The first-order valence-electron chi connectivity index (χ1n) is 8.56. The van der Waals surface area contributed by atoms with Gasteiger partial charge in [-0.2, -0.15) is 5.10 Å². The number of hydrogen-bond donors (Lipinski definition) is 1. The third kappa shape index (κ3) is 4.51. The van der Waals surface area contributed by atoms with Crippen LogP contribution in [0.4, 0.5) is 0 Å². The van der Waals surface area contributed by atoms with Gasteiger partial charge >= 0.3 is 0 Å². The van der Waals surface area contributed by atoms with E-state index in [1.807, 2.05) is 23.9 Å². The minimum Gasteiger partial charge on any atom is -0.493 e. The second kappa shape index (κ2) is 8.73. The van der Waals surface area contributed by atoms with Crippen molar-refractivity contribution >= 4 is 0 Å². The van der Waals surface area contributed by atoms with Gasteiger partial charge in [-0.15, -0.1) is 0 Å². The molecule has 5 heteroatoms. The zero-order chi connectivity index (χ0) is 17.5. The van der Waals surface area contributed by atoms with Crippen molar-refractivity contribution in [3.05, 3.63) is 40.7 Å². The molecule has 0 aliphatic carbocycles. The van der Waals surface area contributed by atoms with E-state index in [2.05, 4.69) is 37.3 Å². The lowest BCUT2D eigenvalue weighted by Crippen LogP contribution is -2.17. The molecule has 0 fully saturated rings. The lowest BCUT2D eigenvalue weighted by Gasteiger charge is -2.12. The summed E-state index contributed by atoms with van der Waals surface area (Å²) in [6.45, 7) is 8.72. The van der Waals surface area contributed by atoms with Crippen LogP contribution in [-0.4, -0.2) is 30.0 Å². The predicted octanol–water partition coefficient (Wildman–Crippen LogP) is 3.17. The van der Waals surface area contributed by atoms with Crippen LogP contribution in [-0.2, 0) is 20.0 Å². The summed E-state index contributed by atoms with van der Waals surface area (Å²) < 4.78 is 13.1. The van der Waals surface area contributed by atoms with Gasteiger partial charge in [-0.05, 0) is 56.5 Å². The Hall–Kier alpha value is -2.01. The Bertz CT molecular complexity index is 665. The summed E-state index contributed by atoms with van der Waals surface area (Å²) >= 11 is 0. The number of ether oxygens (including phenoxy) is 2. The first-order chi connectivity index (χ1) is 11.6. The molecule has 24 heavy (non-hydrogen) atoms. The van der Waals surface area contributed by atoms with Gasteiger partial charge in [0, 0.05) is 19.3 Å². The Morgan fingerprint density at radius 3 is 2.62 bits per heavy atom. The number of nitrogens with one attached hydrogen (secondary N) is 1. The van der Waals surface area contributed by atoms with E-state index in [0.29, 0.717) is 6.61 Å². The van der Waals surface area contributed by atoms with Crippen molar-refractivity contribution in [2.45, 2.75) is 40.2 Å². The molecule has 2 aromatic rings. The maximum Gasteiger partial charge on any atom is 0.161 e. The summed E-state index contributed by atoms with van der Waals surface area (Å²) in [4.78, 5) is 0. The van der Waals surface area contributed by atoms with E-state index in [1.165, 1.54) is 16.8 Å². The van der Waals surface area contributed by atoms with E-state index in [-0.39, 0.29) is 0 Å². The van der Waals surface area contributed by atoms with E-state index >= 15 is 0 Å². The van der Waals surface area contributed by atoms with Gasteiger partial charge in [0.05, 0.1) is 19.4 Å². The zero-order valence-corrected chi connectivity index (χ0v) is 15.5. The van der Waals surface area contributed by atoms with Crippen molar-refractivity contribution in [2.24, 2.45) is 7.05 Å². The topological polar surface area (TPSA) is 48.3 Å². The Kier molecular flexibility index (Phi) is 6.67. The van der Waals surface area contributed by atoms with Gasteiger partial charge in [-0.1, -0.05) is 13.0 Å². The first kappa shape index (κ1) is 18.3. The molecule has 0 saturated carbocycles. The van der Waals surface area contributed by atoms with Crippen LogP contribution in [0, 0.1) is 13.8 Å². The lowest BCUT2D eigenvalue weighted by atomic mass is 10.1. The molecule has 0 amide bonds. The van der Waals surface area contributed by atoms with Crippen LogP contribution >= 0.6 is 0 Å². The molecule has 0 aliphatic rings. The van der Waals surface area contributed by atoms with Gasteiger partial charge in [0.2, 0.25) is 0 Å². The van der Waals surface area contributed by atoms with E-state index < -0.39 is 0 Å². The molecule has 0 bridgehead atoms. The molecule has 2 rings (SSSR count). The summed E-state index contributed by atoms with van der Waals surface area (Å²) in [5.41, 5.74) is 4.89. The summed E-state index contributed by atoms with van der Waals surface area (Å²) in [7, 11) is 3.67. The van der Waals surface area contributed by atoms with Crippen LogP contribution in [0.1, 0.15) is 35.9 Å². The zero-order valence-electron chi connectivity index (χ0n) is 15.5. The number of aromatic nitrogens is 2. The number of benzene rings is 1. The molecule has 0 unspecified atom stereocenters. The highest BCUT2D eigenvalue weighted by atomic mass is 16.5. The van der Waals surface area contributed by atoms with Crippen molar-refractivity contribution in [1.82, 2.24) is 15.1 Å². The molecule has 0 aliphatic heterocycles. The summed E-state index contributed by atoms with van der Waals surface area (Å²) in [6, 6.07) is 6.11. The molecular formula is C19H29N3O2. The normalized spacial score (nSPS) is 10.9. The van der Waals surface area contributed by atoms with Crippen molar-refractivity contribution in [2.75, 3.05) is 20.3 Å². The SMILES string of the molecule is CCCOc1ccc(CNCCc2c(C)nn(C)c2C)cc1OC. The number of rotatable bonds is 9. The average molecular weight is 331 g/mol. The van der Waals surface area contributed by atoms with Crippen LogP contribution in [0.5, 0.6) is 11.5 Å². The molecular weight excluding hydrogens is 302 g/mol. The third-order valence-electron chi connectivity index (χ3n) is 4.23. The molecule has 1 N–H and O–H groups in total. The number of methoxy groups -OCH3 is 1. The molecule has 1 aromatic carbocycles. The minimum atomic E-state index is 0.706. The fraction of sp³-hybridized carbons (Fsp3) is 0.526. The molecule has 0 radical (unpaired) electrons. The van der Waals surface area contributed by atoms with Crippen LogP contribution in [0.25, 0.3) is 0 Å². The summed E-state index contributed by atoms with van der Waals surface area (Å²) in [5.74, 6) is 1.60. The smallest absolute Gasteiger partial charge is 0.161 e. The Labute approximate surface area is 145 Å². The fourth-order valence-electron chi connectivity index (χ4n) is 2.78. The Morgan fingerprint density at radius 2 is 2.00 bits per heavy atom. The van der Waals surface area contributed by atoms with Crippen molar-refractivity contribution in [1.29, 1.82) is 0 Å². The van der Waals surface area contributed by atoms with Crippen LogP contribution < -0.4 is 14.8 Å². The van der Waals surface area contributed by atoms with Crippen molar-refractivity contribution < 1.29 is 9.47 Å². The van der Waals surface area contributed by atoms with E-state index in [0.717, 1.165) is 43.1 Å². The lowest BCUT2D eigenvalue weighted by molar-refractivity contribution is 0.294. The second-order valence-corrected chi connectivity index (χ2v) is 6.03. The van der Waals surface area contributed by atoms with Crippen LogP contribution in [0.2, 0.25) is 0 Å².